The lowest BCUT2D eigenvalue weighted by Crippen LogP contribution is -2.09. The Morgan fingerprint density at radius 2 is 1.88 bits per heavy atom. The SMILES string of the molecule is O=c1ccc2ncc(-c3ccccc3)n2[nH]1. The number of fused-ring (bicyclic) bond motifs is 1. The zero-order chi connectivity index (χ0) is 11.0. The van der Waals surface area contributed by atoms with Gasteiger partial charge in [0.1, 0.15) is 0 Å². The zero-order valence-corrected chi connectivity index (χ0v) is 8.42. The second-order valence-electron chi connectivity index (χ2n) is 3.51. The van der Waals surface area contributed by atoms with Gasteiger partial charge in [-0.25, -0.2) is 9.50 Å². The maximum Gasteiger partial charge on any atom is 0.263 e. The fraction of sp³-hybridized carbons (Fsp3) is 0. The summed E-state index contributed by atoms with van der Waals surface area (Å²) in [6, 6.07) is 13.0. The minimum absolute atomic E-state index is 0.136. The third-order valence-electron chi connectivity index (χ3n) is 2.46. The Morgan fingerprint density at radius 3 is 2.69 bits per heavy atom. The molecular formula is C12H9N3O. The molecule has 0 spiro atoms. The Hall–Kier alpha value is -2.36. The van der Waals surface area contributed by atoms with E-state index in [1.807, 2.05) is 30.3 Å². The maximum absolute atomic E-state index is 11.3. The summed E-state index contributed by atoms with van der Waals surface area (Å²) in [5.41, 5.74) is 2.51. The molecule has 3 rings (SSSR count). The monoisotopic (exact) mass is 211 g/mol. The average Bonchev–Trinajstić information content (AvgIpc) is 2.73. The number of benzene rings is 1. The lowest BCUT2D eigenvalue weighted by atomic mass is 10.2. The molecule has 0 radical (unpaired) electrons. The number of hydrogen-bond acceptors (Lipinski definition) is 2. The molecule has 0 saturated heterocycles. The van der Waals surface area contributed by atoms with Crippen molar-refractivity contribution in [2.24, 2.45) is 0 Å². The first kappa shape index (κ1) is 8.91. The molecule has 1 aromatic carbocycles. The highest BCUT2D eigenvalue weighted by molar-refractivity contribution is 5.62. The van der Waals surface area contributed by atoms with Gasteiger partial charge in [0.05, 0.1) is 11.9 Å². The smallest absolute Gasteiger partial charge is 0.263 e. The summed E-state index contributed by atoms with van der Waals surface area (Å²) in [7, 11) is 0. The van der Waals surface area contributed by atoms with Gasteiger partial charge < -0.3 is 0 Å². The third kappa shape index (κ3) is 1.32. The van der Waals surface area contributed by atoms with Crippen molar-refractivity contribution in [3.63, 3.8) is 0 Å². The fourth-order valence-corrected chi connectivity index (χ4v) is 1.71. The molecule has 16 heavy (non-hydrogen) atoms. The van der Waals surface area contributed by atoms with E-state index in [0.29, 0.717) is 0 Å². The van der Waals surface area contributed by atoms with Gasteiger partial charge in [-0.05, 0) is 6.07 Å². The lowest BCUT2D eigenvalue weighted by Gasteiger charge is -2.00. The summed E-state index contributed by atoms with van der Waals surface area (Å²) in [6.45, 7) is 0. The first-order chi connectivity index (χ1) is 7.84. The molecule has 78 valence electrons. The van der Waals surface area contributed by atoms with Crippen molar-refractivity contribution in [3.05, 3.63) is 59.0 Å². The molecule has 0 atom stereocenters. The van der Waals surface area contributed by atoms with Crippen molar-refractivity contribution in [3.8, 4) is 11.3 Å². The van der Waals surface area contributed by atoms with Gasteiger partial charge in [0.25, 0.3) is 5.56 Å². The van der Waals surface area contributed by atoms with Gasteiger partial charge in [0, 0.05) is 11.6 Å². The Bertz CT molecular complexity index is 682. The molecule has 0 amide bonds. The van der Waals surface area contributed by atoms with Gasteiger partial charge in [-0.1, -0.05) is 30.3 Å². The number of aromatic nitrogens is 3. The lowest BCUT2D eigenvalue weighted by molar-refractivity contribution is 0.911. The first-order valence-electron chi connectivity index (χ1n) is 4.97. The second-order valence-corrected chi connectivity index (χ2v) is 3.51. The van der Waals surface area contributed by atoms with Gasteiger partial charge in [-0.15, -0.1) is 0 Å². The van der Waals surface area contributed by atoms with E-state index < -0.39 is 0 Å². The summed E-state index contributed by atoms with van der Waals surface area (Å²) in [5.74, 6) is 0. The van der Waals surface area contributed by atoms with Crippen LogP contribution in [-0.2, 0) is 0 Å². The van der Waals surface area contributed by atoms with Gasteiger partial charge >= 0.3 is 0 Å². The van der Waals surface area contributed by atoms with E-state index in [9.17, 15) is 4.79 Å². The second kappa shape index (κ2) is 3.34. The molecule has 0 fully saturated rings. The first-order valence-corrected chi connectivity index (χ1v) is 4.97. The average molecular weight is 211 g/mol. The molecule has 0 saturated carbocycles. The van der Waals surface area contributed by atoms with Gasteiger partial charge in [0.15, 0.2) is 5.65 Å². The molecule has 0 aliphatic rings. The van der Waals surface area contributed by atoms with Crippen LogP contribution in [0.3, 0.4) is 0 Å². The molecule has 0 bridgehead atoms. The largest absolute Gasteiger partial charge is 0.268 e. The minimum Gasteiger partial charge on any atom is -0.268 e. The van der Waals surface area contributed by atoms with Gasteiger partial charge in [-0.2, -0.15) is 0 Å². The van der Waals surface area contributed by atoms with Crippen LogP contribution < -0.4 is 5.56 Å². The van der Waals surface area contributed by atoms with Crippen LogP contribution in [0.1, 0.15) is 0 Å². The molecular weight excluding hydrogens is 202 g/mol. The predicted molar refractivity (Wildman–Crippen MR) is 61.2 cm³/mol. The molecule has 0 aliphatic carbocycles. The molecule has 3 aromatic rings. The molecule has 2 aromatic heterocycles. The number of H-pyrrole nitrogens is 1. The molecule has 2 heterocycles. The van der Waals surface area contributed by atoms with E-state index in [-0.39, 0.29) is 5.56 Å². The van der Waals surface area contributed by atoms with Crippen LogP contribution in [0.25, 0.3) is 16.9 Å². The Labute approximate surface area is 91.2 Å². The van der Waals surface area contributed by atoms with E-state index in [4.69, 9.17) is 0 Å². The Balaban J connectivity index is 2.33. The highest BCUT2D eigenvalue weighted by atomic mass is 16.1. The number of hydrogen-bond donors (Lipinski definition) is 1. The summed E-state index contributed by atoms with van der Waals surface area (Å²) in [6.07, 6.45) is 1.75. The maximum atomic E-state index is 11.3. The van der Waals surface area contributed by atoms with Crippen LogP contribution in [0.15, 0.2) is 53.5 Å². The van der Waals surface area contributed by atoms with Crippen molar-refractivity contribution < 1.29 is 0 Å². The van der Waals surface area contributed by atoms with E-state index >= 15 is 0 Å². The Kier molecular flexibility index (Phi) is 1.86. The highest BCUT2D eigenvalue weighted by Gasteiger charge is 2.04. The molecule has 4 nitrogen and oxygen atoms in total. The quantitative estimate of drug-likeness (QED) is 0.665. The summed E-state index contributed by atoms with van der Waals surface area (Å²) < 4.78 is 1.69. The standard InChI is InChI=1S/C12H9N3O/c16-12-7-6-11-13-8-10(15(11)14-12)9-4-2-1-3-5-9/h1-8H,(H,14,16). The van der Waals surface area contributed by atoms with Crippen LogP contribution in [0, 0.1) is 0 Å². The third-order valence-corrected chi connectivity index (χ3v) is 2.46. The van der Waals surface area contributed by atoms with Crippen LogP contribution in [0.2, 0.25) is 0 Å². The van der Waals surface area contributed by atoms with Gasteiger partial charge in [-0.3, -0.25) is 9.89 Å². The molecule has 4 heteroatoms. The normalized spacial score (nSPS) is 10.8. The van der Waals surface area contributed by atoms with Crippen molar-refractivity contribution in [1.29, 1.82) is 0 Å². The highest BCUT2D eigenvalue weighted by Crippen LogP contribution is 2.18. The summed E-state index contributed by atoms with van der Waals surface area (Å²) >= 11 is 0. The number of imidazole rings is 1. The van der Waals surface area contributed by atoms with E-state index in [1.54, 1.807) is 16.8 Å². The number of nitrogens with zero attached hydrogens (tertiary/aromatic N) is 2. The van der Waals surface area contributed by atoms with Crippen molar-refractivity contribution in [2.45, 2.75) is 0 Å². The summed E-state index contributed by atoms with van der Waals surface area (Å²) in [5, 5.41) is 2.74. The number of aromatic amines is 1. The molecule has 1 N–H and O–H groups in total. The van der Waals surface area contributed by atoms with Crippen molar-refractivity contribution in [1.82, 2.24) is 14.6 Å². The van der Waals surface area contributed by atoms with E-state index in [0.717, 1.165) is 16.9 Å². The van der Waals surface area contributed by atoms with Crippen LogP contribution in [-0.4, -0.2) is 14.6 Å². The zero-order valence-electron chi connectivity index (χ0n) is 8.42. The Morgan fingerprint density at radius 1 is 1.06 bits per heavy atom. The van der Waals surface area contributed by atoms with Crippen LogP contribution in [0.4, 0.5) is 0 Å². The molecule has 0 unspecified atom stereocenters. The predicted octanol–water partition coefficient (Wildman–Crippen LogP) is 1.69. The van der Waals surface area contributed by atoms with E-state index in [2.05, 4.69) is 10.1 Å². The van der Waals surface area contributed by atoms with Crippen LogP contribution in [0.5, 0.6) is 0 Å². The summed E-state index contributed by atoms with van der Waals surface area (Å²) in [4.78, 5) is 15.5. The van der Waals surface area contributed by atoms with E-state index in [1.165, 1.54) is 6.07 Å². The number of rotatable bonds is 1. The minimum atomic E-state index is -0.136. The molecule has 0 aliphatic heterocycles. The number of nitrogens with one attached hydrogen (secondary N) is 1. The van der Waals surface area contributed by atoms with Crippen molar-refractivity contribution in [2.75, 3.05) is 0 Å². The fourth-order valence-electron chi connectivity index (χ4n) is 1.71. The van der Waals surface area contributed by atoms with Crippen LogP contribution >= 0.6 is 0 Å². The van der Waals surface area contributed by atoms with Crippen molar-refractivity contribution >= 4 is 5.65 Å². The van der Waals surface area contributed by atoms with Gasteiger partial charge in [0.2, 0.25) is 0 Å². The topological polar surface area (TPSA) is 50.2 Å².